The van der Waals surface area contributed by atoms with E-state index in [-0.39, 0.29) is 12.1 Å². The van der Waals surface area contributed by atoms with E-state index in [1.54, 1.807) is 0 Å². The number of guanidine groups is 1. The first-order valence-electron chi connectivity index (χ1n) is 10.4. The monoisotopic (exact) mass is 381 g/mol. The lowest BCUT2D eigenvalue weighted by atomic mass is 10.1. The van der Waals surface area contributed by atoms with Crippen LogP contribution in [-0.2, 0) is 4.74 Å². The van der Waals surface area contributed by atoms with Gasteiger partial charge in [0.2, 0.25) is 0 Å². The molecule has 2 atom stereocenters. The highest BCUT2D eigenvalue weighted by Gasteiger charge is 2.29. The Bertz CT molecular complexity index is 515. The lowest BCUT2D eigenvalue weighted by Crippen LogP contribution is -2.47. The molecular formula is C20H39N5O2. The van der Waals surface area contributed by atoms with Crippen LogP contribution in [0.2, 0.25) is 0 Å². The fourth-order valence-corrected chi connectivity index (χ4v) is 3.92. The Balaban J connectivity index is 1.78. The zero-order chi connectivity index (χ0) is 20.0. The molecule has 156 valence electrons. The number of rotatable bonds is 5. The Morgan fingerprint density at radius 2 is 2.00 bits per heavy atom. The van der Waals surface area contributed by atoms with Gasteiger partial charge in [-0.25, -0.2) is 4.79 Å². The molecule has 1 amide bonds. The van der Waals surface area contributed by atoms with E-state index in [1.807, 2.05) is 27.8 Å². The smallest absolute Gasteiger partial charge is 0.407 e. The number of nitrogens with one attached hydrogen (secondary N) is 2. The van der Waals surface area contributed by atoms with Gasteiger partial charge in [-0.3, -0.25) is 9.89 Å². The van der Waals surface area contributed by atoms with Crippen molar-refractivity contribution >= 4 is 12.1 Å². The predicted molar refractivity (Wildman–Crippen MR) is 110 cm³/mol. The quantitative estimate of drug-likeness (QED) is 0.565. The fraction of sp³-hybridized carbons (Fsp3) is 0.900. The van der Waals surface area contributed by atoms with Crippen molar-refractivity contribution in [1.82, 2.24) is 20.4 Å². The first kappa shape index (κ1) is 21.8. The van der Waals surface area contributed by atoms with Gasteiger partial charge in [-0.05, 0) is 52.5 Å². The van der Waals surface area contributed by atoms with E-state index in [9.17, 15) is 4.79 Å². The van der Waals surface area contributed by atoms with Gasteiger partial charge in [0.15, 0.2) is 5.96 Å². The minimum Gasteiger partial charge on any atom is -0.444 e. The molecule has 0 bridgehead atoms. The van der Waals surface area contributed by atoms with Crippen molar-refractivity contribution in [2.75, 3.05) is 39.8 Å². The lowest BCUT2D eigenvalue weighted by Gasteiger charge is -2.28. The zero-order valence-corrected chi connectivity index (χ0v) is 18.0. The van der Waals surface area contributed by atoms with Crippen molar-refractivity contribution < 1.29 is 9.53 Å². The predicted octanol–water partition coefficient (Wildman–Crippen LogP) is 2.28. The van der Waals surface area contributed by atoms with E-state index in [1.165, 1.54) is 19.4 Å². The largest absolute Gasteiger partial charge is 0.444 e. The normalized spacial score (nSPS) is 24.6. The van der Waals surface area contributed by atoms with Crippen LogP contribution in [0.1, 0.15) is 53.9 Å². The van der Waals surface area contributed by atoms with Crippen molar-refractivity contribution in [2.24, 2.45) is 10.9 Å². The number of aliphatic imine (C=N–C) groups is 1. The third-order valence-electron chi connectivity index (χ3n) is 5.01. The fourth-order valence-electron chi connectivity index (χ4n) is 3.92. The summed E-state index contributed by atoms with van der Waals surface area (Å²) in [5.41, 5.74) is -0.469. The molecule has 27 heavy (non-hydrogen) atoms. The van der Waals surface area contributed by atoms with Gasteiger partial charge < -0.3 is 20.3 Å². The SMILES string of the molecule is CN=C(NC[C@H]1CCCN1CC(C)C)N1CC[C@@H](NC(=O)OC(C)(C)C)C1. The van der Waals surface area contributed by atoms with E-state index in [0.29, 0.717) is 12.0 Å². The van der Waals surface area contributed by atoms with E-state index in [4.69, 9.17) is 4.74 Å². The number of alkyl carbamates (subject to hydrolysis) is 1. The van der Waals surface area contributed by atoms with Crippen molar-refractivity contribution in [3.63, 3.8) is 0 Å². The summed E-state index contributed by atoms with van der Waals surface area (Å²) in [5, 5.41) is 6.54. The molecule has 7 heteroatoms. The maximum atomic E-state index is 12.0. The van der Waals surface area contributed by atoms with Crippen LogP contribution in [-0.4, -0.2) is 79.3 Å². The second kappa shape index (κ2) is 9.62. The maximum absolute atomic E-state index is 12.0. The summed E-state index contributed by atoms with van der Waals surface area (Å²) in [6.07, 6.45) is 3.10. The first-order chi connectivity index (χ1) is 12.7. The van der Waals surface area contributed by atoms with E-state index >= 15 is 0 Å². The van der Waals surface area contributed by atoms with Gasteiger partial charge in [0.05, 0.1) is 6.04 Å². The third-order valence-corrected chi connectivity index (χ3v) is 5.01. The average molecular weight is 382 g/mol. The third kappa shape index (κ3) is 7.20. The number of amides is 1. The van der Waals surface area contributed by atoms with Crippen LogP contribution in [0.4, 0.5) is 4.79 Å². The molecule has 0 saturated carbocycles. The number of nitrogens with zero attached hydrogens (tertiary/aromatic N) is 3. The summed E-state index contributed by atoms with van der Waals surface area (Å²) in [5.74, 6) is 1.63. The second-order valence-corrected chi connectivity index (χ2v) is 9.19. The number of carbonyl (C=O) groups is 1. The van der Waals surface area contributed by atoms with E-state index < -0.39 is 5.60 Å². The van der Waals surface area contributed by atoms with Crippen LogP contribution in [0.3, 0.4) is 0 Å². The Morgan fingerprint density at radius 3 is 2.63 bits per heavy atom. The maximum Gasteiger partial charge on any atom is 0.407 e. The summed E-state index contributed by atoms with van der Waals surface area (Å²) >= 11 is 0. The molecule has 2 heterocycles. The molecule has 0 spiro atoms. The molecule has 2 rings (SSSR count). The van der Waals surface area contributed by atoms with Crippen LogP contribution >= 0.6 is 0 Å². The van der Waals surface area contributed by atoms with Crippen molar-refractivity contribution in [3.05, 3.63) is 0 Å². The molecule has 2 N–H and O–H groups in total. The number of hydrogen-bond donors (Lipinski definition) is 2. The summed E-state index contributed by atoms with van der Waals surface area (Å²) in [6.45, 7) is 15.2. The lowest BCUT2D eigenvalue weighted by molar-refractivity contribution is 0.0507. The molecule has 0 aromatic carbocycles. The Morgan fingerprint density at radius 1 is 1.26 bits per heavy atom. The van der Waals surface area contributed by atoms with Crippen LogP contribution in [0.25, 0.3) is 0 Å². The van der Waals surface area contributed by atoms with Gasteiger partial charge in [-0.2, -0.15) is 0 Å². The number of carbonyl (C=O) groups excluding carboxylic acids is 1. The molecule has 2 fully saturated rings. The number of ether oxygens (including phenoxy) is 1. The van der Waals surface area contributed by atoms with Crippen molar-refractivity contribution in [3.8, 4) is 0 Å². The molecule has 0 aliphatic carbocycles. The minimum absolute atomic E-state index is 0.0994. The van der Waals surface area contributed by atoms with Gasteiger partial charge in [0, 0.05) is 39.3 Å². The van der Waals surface area contributed by atoms with Gasteiger partial charge >= 0.3 is 6.09 Å². The first-order valence-corrected chi connectivity index (χ1v) is 10.4. The highest BCUT2D eigenvalue weighted by atomic mass is 16.6. The molecule has 0 aromatic heterocycles. The van der Waals surface area contributed by atoms with Gasteiger partial charge in [0.25, 0.3) is 0 Å². The molecular weight excluding hydrogens is 342 g/mol. The van der Waals surface area contributed by atoms with Crippen LogP contribution < -0.4 is 10.6 Å². The van der Waals surface area contributed by atoms with E-state index in [2.05, 4.69) is 39.3 Å². The minimum atomic E-state index is -0.469. The van der Waals surface area contributed by atoms with E-state index in [0.717, 1.165) is 38.6 Å². The summed E-state index contributed by atoms with van der Waals surface area (Å²) in [4.78, 5) is 21.3. The summed E-state index contributed by atoms with van der Waals surface area (Å²) in [7, 11) is 1.83. The Kier molecular flexibility index (Phi) is 7.77. The van der Waals surface area contributed by atoms with Gasteiger partial charge in [-0.1, -0.05) is 13.8 Å². The summed E-state index contributed by atoms with van der Waals surface area (Å²) < 4.78 is 5.36. The highest BCUT2D eigenvalue weighted by molar-refractivity contribution is 5.80. The Labute approximate surface area is 164 Å². The molecule has 0 unspecified atom stereocenters. The topological polar surface area (TPSA) is 69.2 Å². The molecule has 2 aliphatic rings. The van der Waals surface area contributed by atoms with Crippen LogP contribution in [0.15, 0.2) is 4.99 Å². The van der Waals surface area contributed by atoms with Crippen molar-refractivity contribution in [1.29, 1.82) is 0 Å². The standard InChI is InChI=1S/C20H39N5O2/c1-15(2)13-24-10-7-8-17(24)12-22-18(21-6)25-11-9-16(14-25)23-19(26)27-20(3,4)5/h15-17H,7-14H2,1-6H3,(H,21,22)(H,23,26)/t16-,17-/m1/s1. The highest BCUT2D eigenvalue weighted by Crippen LogP contribution is 2.18. The van der Waals surface area contributed by atoms with Gasteiger partial charge in [0.1, 0.15) is 5.60 Å². The molecule has 2 saturated heterocycles. The molecule has 2 aliphatic heterocycles. The number of hydrogen-bond acceptors (Lipinski definition) is 4. The van der Waals surface area contributed by atoms with Crippen LogP contribution in [0, 0.1) is 5.92 Å². The van der Waals surface area contributed by atoms with Crippen LogP contribution in [0.5, 0.6) is 0 Å². The summed E-state index contributed by atoms with van der Waals surface area (Å²) in [6, 6.07) is 0.685. The molecule has 7 nitrogen and oxygen atoms in total. The average Bonchev–Trinajstić information content (AvgIpc) is 3.15. The van der Waals surface area contributed by atoms with Gasteiger partial charge in [-0.15, -0.1) is 0 Å². The Hall–Kier alpha value is -1.50. The number of likely N-dealkylation sites (tertiary alicyclic amines) is 2. The molecule has 0 radical (unpaired) electrons. The van der Waals surface area contributed by atoms with Crippen molar-refractivity contribution in [2.45, 2.75) is 71.6 Å². The molecule has 0 aromatic rings. The second-order valence-electron chi connectivity index (χ2n) is 9.19. The zero-order valence-electron chi connectivity index (χ0n) is 18.0.